The van der Waals surface area contributed by atoms with Crippen molar-refractivity contribution >= 4 is 0 Å². The van der Waals surface area contributed by atoms with Gasteiger partial charge in [-0.05, 0) is 40.5 Å². The van der Waals surface area contributed by atoms with Crippen LogP contribution in [0, 0.1) is 0 Å². The van der Waals surface area contributed by atoms with Crippen molar-refractivity contribution in [1.82, 2.24) is 10.2 Å². The van der Waals surface area contributed by atoms with Gasteiger partial charge in [0.2, 0.25) is 0 Å². The Balaban J connectivity index is 2.00. The monoisotopic (exact) mass is 302 g/mol. The molecule has 0 aromatic heterocycles. The summed E-state index contributed by atoms with van der Waals surface area (Å²) < 4.78 is 11.0. The largest absolute Gasteiger partial charge is 0.389 e. The summed E-state index contributed by atoms with van der Waals surface area (Å²) in [4.78, 5) is 2.44. The van der Waals surface area contributed by atoms with E-state index >= 15 is 0 Å². The third-order valence-corrected chi connectivity index (χ3v) is 3.89. The molecule has 1 aliphatic rings. The zero-order valence-electron chi connectivity index (χ0n) is 14.2. The molecule has 1 aliphatic heterocycles. The van der Waals surface area contributed by atoms with E-state index in [-0.39, 0.29) is 6.10 Å². The molecule has 2 atom stereocenters. The van der Waals surface area contributed by atoms with Gasteiger partial charge in [0.05, 0.1) is 25.4 Å². The highest BCUT2D eigenvalue weighted by molar-refractivity contribution is 4.69. The summed E-state index contributed by atoms with van der Waals surface area (Å²) in [5.74, 6) is 0. The van der Waals surface area contributed by atoms with Crippen molar-refractivity contribution in [3.05, 3.63) is 0 Å². The normalized spacial score (nSPS) is 20.9. The topological polar surface area (TPSA) is 54.0 Å². The molecule has 21 heavy (non-hydrogen) atoms. The molecule has 2 unspecified atom stereocenters. The maximum atomic E-state index is 9.86. The number of nitrogens with one attached hydrogen (secondary N) is 1. The van der Waals surface area contributed by atoms with E-state index in [1.54, 1.807) is 0 Å². The minimum absolute atomic E-state index is 0.232. The van der Waals surface area contributed by atoms with Crippen LogP contribution in [0.5, 0.6) is 0 Å². The van der Waals surface area contributed by atoms with Crippen LogP contribution in [0.3, 0.4) is 0 Å². The van der Waals surface area contributed by atoms with Gasteiger partial charge >= 0.3 is 0 Å². The number of rotatable bonds is 11. The fourth-order valence-corrected chi connectivity index (χ4v) is 2.76. The van der Waals surface area contributed by atoms with Crippen molar-refractivity contribution in [3.63, 3.8) is 0 Å². The van der Waals surface area contributed by atoms with Crippen molar-refractivity contribution in [2.45, 2.75) is 64.8 Å². The molecule has 126 valence electrons. The molecular weight excluding hydrogens is 268 g/mol. The molecule has 5 nitrogen and oxygen atoms in total. The van der Waals surface area contributed by atoms with Gasteiger partial charge in [-0.15, -0.1) is 0 Å². The molecule has 1 rings (SSSR count). The first kappa shape index (κ1) is 18.8. The highest BCUT2D eigenvalue weighted by atomic mass is 16.5. The third-order valence-electron chi connectivity index (χ3n) is 3.89. The molecule has 1 fully saturated rings. The number of aliphatic hydroxyl groups is 1. The second-order valence-electron chi connectivity index (χ2n) is 6.46. The van der Waals surface area contributed by atoms with E-state index in [1.165, 1.54) is 0 Å². The van der Waals surface area contributed by atoms with E-state index in [0.29, 0.717) is 31.8 Å². The van der Waals surface area contributed by atoms with Crippen LogP contribution in [0.25, 0.3) is 0 Å². The first-order valence-corrected chi connectivity index (χ1v) is 8.34. The zero-order chi connectivity index (χ0) is 15.7. The van der Waals surface area contributed by atoms with Crippen molar-refractivity contribution < 1.29 is 14.6 Å². The van der Waals surface area contributed by atoms with Gasteiger partial charge in [-0.3, -0.25) is 4.90 Å². The highest BCUT2D eigenvalue weighted by Gasteiger charge is 2.16. The van der Waals surface area contributed by atoms with Gasteiger partial charge in [0.15, 0.2) is 0 Å². The van der Waals surface area contributed by atoms with Crippen molar-refractivity contribution in [1.29, 1.82) is 0 Å². The van der Waals surface area contributed by atoms with Crippen LogP contribution in [-0.4, -0.2) is 73.8 Å². The lowest BCUT2D eigenvalue weighted by molar-refractivity contribution is -0.0165. The van der Waals surface area contributed by atoms with Gasteiger partial charge in [-0.2, -0.15) is 0 Å². The number of hydrogen-bond acceptors (Lipinski definition) is 5. The average Bonchev–Trinajstić information content (AvgIpc) is 2.90. The van der Waals surface area contributed by atoms with Gasteiger partial charge in [-0.1, -0.05) is 0 Å². The molecule has 1 saturated heterocycles. The van der Waals surface area contributed by atoms with E-state index in [9.17, 15) is 5.11 Å². The fraction of sp³-hybridized carbons (Fsp3) is 1.00. The molecule has 0 saturated carbocycles. The van der Waals surface area contributed by atoms with Gasteiger partial charge < -0.3 is 19.9 Å². The van der Waals surface area contributed by atoms with Crippen LogP contribution in [0.15, 0.2) is 0 Å². The number of nitrogens with zero attached hydrogens (tertiary/aromatic N) is 1. The Morgan fingerprint density at radius 3 is 2.57 bits per heavy atom. The molecule has 5 heteroatoms. The molecule has 0 aliphatic carbocycles. The lowest BCUT2D eigenvalue weighted by atomic mass is 10.2. The summed E-state index contributed by atoms with van der Waals surface area (Å²) in [6, 6.07) is 1.10. The van der Waals surface area contributed by atoms with Gasteiger partial charge in [0.25, 0.3) is 0 Å². The Morgan fingerprint density at radius 2 is 2.00 bits per heavy atom. The minimum atomic E-state index is -0.446. The standard InChI is InChI=1S/C16H34N2O3/c1-13(2)18(14(3)4)8-7-17-10-15(19)11-20-12-16-6-5-9-21-16/h13-17,19H,5-12H2,1-4H3. The lowest BCUT2D eigenvalue weighted by Gasteiger charge is -2.30. The second-order valence-corrected chi connectivity index (χ2v) is 6.46. The smallest absolute Gasteiger partial charge is 0.0897 e. The first-order valence-electron chi connectivity index (χ1n) is 8.34. The molecule has 0 aromatic carbocycles. The molecule has 2 N–H and O–H groups in total. The fourth-order valence-electron chi connectivity index (χ4n) is 2.76. The molecule has 0 amide bonds. The van der Waals surface area contributed by atoms with E-state index < -0.39 is 6.10 Å². The second kappa shape index (κ2) is 10.5. The van der Waals surface area contributed by atoms with E-state index in [1.807, 2.05) is 0 Å². The molecule has 0 bridgehead atoms. The van der Waals surface area contributed by atoms with Gasteiger partial charge in [0.1, 0.15) is 0 Å². The SMILES string of the molecule is CC(C)N(CCNCC(O)COCC1CCCO1)C(C)C. The Hall–Kier alpha value is -0.200. The summed E-state index contributed by atoms with van der Waals surface area (Å²) in [5.41, 5.74) is 0. The summed E-state index contributed by atoms with van der Waals surface area (Å²) in [7, 11) is 0. The van der Waals surface area contributed by atoms with Crippen LogP contribution < -0.4 is 5.32 Å². The van der Waals surface area contributed by atoms with E-state index in [0.717, 1.165) is 32.5 Å². The van der Waals surface area contributed by atoms with Crippen molar-refractivity contribution in [2.24, 2.45) is 0 Å². The van der Waals surface area contributed by atoms with E-state index in [4.69, 9.17) is 9.47 Å². The van der Waals surface area contributed by atoms with E-state index in [2.05, 4.69) is 37.9 Å². The van der Waals surface area contributed by atoms with Crippen LogP contribution in [0.1, 0.15) is 40.5 Å². The predicted molar refractivity (Wildman–Crippen MR) is 85.6 cm³/mol. The molecule has 0 aromatic rings. The minimum Gasteiger partial charge on any atom is -0.389 e. The molecule has 0 radical (unpaired) electrons. The third kappa shape index (κ3) is 8.12. The highest BCUT2D eigenvalue weighted by Crippen LogP contribution is 2.11. The van der Waals surface area contributed by atoms with Crippen LogP contribution >= 0.6 is 0 Å². The van der Waals surface area contributed by atoms with Crippen LogP contribution in [-0.2, 0) is 9.47 Å². The molecule has 0 spiro atoms. The maximum absolute atomic E-state index is 9.86. The molecule has 1 heterocycles. The average molecular weight is 302 g/mol. The van der Waals surface area contributed by atoms with Crippen LogP contribution in [0.2, 0.25) is 0 Å². The maximum Gasteiger partial charge on any atom is 0.0897 e. The number of aliphatic hydroxyl groups excluding tert-OH is 1. The summed E-state index contributed by atoms with van der Waals surface area (Å²) in [6.45, 7) is 13.2. The summed E-state index contributed by atoms with van der Waals surface area (Å²) >= 11 is 0. The van der Waals surface area contributed by atoms with Gasteiger partial charge in [0, 0.05) is 38.3 Å². The van der Waals surface area contributed by atoms with Crippen molar-refractivity contribution in [2.75, 3.05) is 39.5 Å². The Kier molecular flexibility index (Phi) is 9.44. The Bertz CT molecular complexity index is 248. The zero-order valence-corrected chi connectivity index (χ0v) is 14.2. The Morgan fingerprint density at radius 1 is 1.29 bits per heavy atom. The van der Waals surface area contributed by atoms with Gasteiger partial charge in [-0.25, -0.2) is 0 Å². The quantitative estimate of drug-likeness (QED) is 0.563. The first-order chi connectivity index (χ1) is 10.0. The lowest BCUT2D eigenvalue weighted by Crippen LogP contribution is -2.43. The van der Waals surface area contributed by atoms with Crippen LogP contribution in [0.4, 0.5) is 0 Å². The predicted octanol–water partition coefficient (Wildman–Crippen LogP) is 1.25. The summed E-state index contributed by atoms with van der Waals surface area (Å²) in [5, 5.41) is 13.2. The number of hydrogen-bond donors (Lipinski definition) is 2. The summed E-state index contributed by atoms with van der Waals surface area (Å²) in [6.07, 6.45) is 1.99. The Labute approximate surface area is 130 Å². The number of ether oxygens (including phenoxy) is 2. The van der Waals surface area contributed by atoms with Crippen molar-refractivity contribution in [3.8, 4) is 0 Å². The molecular formula is C16H34N2O3.